The highest BCUT2D eigenvalue weighted by atomic mass is 79.9. The number of fused-ring (bicyclic) bond motifs is 1. The number of unbranched alkanes of at least 4 members (excludes halogenated alkanes) is 6. The molecule has 6 rings (SSSR count). The fourth-order valence-corrected chi connectivity index (χ4v) is 7.98. The topological polar surface area (TPSA) is 138 Å². The molecule has 304 valence electrons. The summed E-state index contributed by atoms with van der Waals surface area (Å²) in [5.41, 5.74) is 3.69. The molecule has 0 spiro atoms. The van der Waals surface area contributed by atoms with E-state index in [1.54, 1.807) is 7.11 Å². The zero-order chi connectivity index (χ0) is 40.1. The second-order valence-electron chi connectivity index (χ2n) is 15.1. The Kier molecular flexibility index (Phi) is 15.1. The highest BCUT2D eigenvalue weighted by Crippen LogP contribution is 2.36. The average Bonchev–Trinajstić information content (AvgIpc) is 3.20. The Morgan fingerprint density at radius 3 is 2.39 bits per heavy atom. The molecule has 0 aliphatic carbocycles. The van der Waals surface area contributed by atoms with Crippen molar-refractivity contribution in [3.05, 3.63) is 82.1 Å². The van der Waals surface area contributed by atoms with Gasteiger partial charge in [-0.3, -0.25) is 24.6 Å². The van der Waals surface area contributed by atoms with E-state index in [4.69, 9.17) is 19.4 Å². The number of methoxy groups -OCH3 is 1. The first-order valence-electron chi connectivity index (χ1n) is 20.4. The van der Waals surface area contributed by atoms with Crippen LogP contribution in [0.15, 0.2) is 65.1 Å². The number of nitrogens with zero attached hydrogens (tertiary/aromatic N) is 4. The van der Waals surface area contributed by atoms with Crippen molar-refractivity contribution in [2.24, 2.45) is 0 Å². The number of ether oxygens (including phenoxy) is 2. The zero-order valence-electron chi connectivity index (χ0n) is 33.4. The lowest BCUT2D eigenvalue weighted by molar-refractivity contribution is -0.134. The van der Waals surface area contributed by atoms with Crippen LogP contribution >= 0.6 is 15.9 Å². The van der Waals surface area contributed by atoms with Crippen LogP contribution in [-0.4, -0.2) is 90.5 Å². The van der Waals surface area contributed by atoms with Gasteiger partial charge in [-0.2, -0.15) is 0 Å². The first kappa shape index (κ1) is 41.9. The lowest BCUT2D eigenvalue weighted by atomic mass is 9.90. The van der Waals surface area contributed by atoms with Gasteiger partial charge in [-0.25, -0.2) is 9.97 Å². The van der Waals surface area contributed by atoms with Gasteiger partial charge in [0, 0.05) is 54.2 Å². The van der Waals surface area contributed by atoms with E-state index in [-0.39, 0.29) is 36.2 Å². The summed E-state index contributed by atoms with van der Waals surface area (Å²) in [4.78, 5) is 50.3. The summed E-state index contributed by atoms with van der Waals surface area (Å²) in [5.74, 6) is 2.17. The molecule has 13 heteroatoms. The monoisotopic (exact) mass is 841 g/mol. The van der Waals surface area contributed by atoms with Gasteiger partial charge >= 0.3 is 0 Å². The molecule has 2 aliphatic heterocycles. The van der Waals surface area contributed by atoms with Crippen LogP contribution in [0.4, 0.5) is 11.5 Å². The molecule has 0 bridgehead atoms. The van der Waals surface area contributed by atoms with Crippen LogP contribution in [0.5, 0.6) is 11.5 Å². The zero-order valence-corrected chi connectivity index (χ0v) is 35.0. The van der Waals surface area contributed by atoms with Crippen LogP contribution < -0.4 is 25.4 Å². The molecule has 57 heavy (non-hydrogen) atoms. The lowest BCUT2D eigenvalue weighted by Gasteiger charge is -2.34. The molecule has 4 aromatic rings. The van der Waals surface area contributed by atoms with Gasteiger partial charge in [0.05, 0.1) is 37.7 Å². The highest BCUT2D eigenvalue weighted by Gasteiger charge is 2.28. The number of aryl methyl sites for hydroxylation is 1. The molecule has 3 amide bonds. The van der Waals surface area contributed by atoms with Crippen LogP contribution in [-0.2, 0) is 14.4 Å². The Morgan fingerprint density at radius 1 is 0.930 bits per heavy atom. The Morgan fingerprint density at radius 2 is 1.67 bits per heavy atom. The van der Waals surface area contributed by atoms with E-state index in [1.807, 2.05) is 60.4 Å². The van der Waals surface area contributed by atoms with Crippen molar-refractivity contribution in [3.8, 4) is 11.5 Å². The van der Waals surface area contributed by atoms with E-state index in [1.165, 1.54) is 32.1 Å². The van der Waals surface area contributed by atoms with Crippen LogP contribution in [0.2, 0.25) is 0 Å². The number of nitrogens with one attached hydrogen (secondary N) is 3. The molecular formula is C44H56BrN7O5. The van der Waals surface area contributed by atoms with Crippen molar-refractivity contribution in [1.29, 1.82) is 0 Å². The van der Waals surface area contributed by atoms with Gasteiger partial charge in [0.25, 0.3) is 0 Å². The predicted molar refractivity (Wildman–Crippen MR) is 228 cm³/mol. The number of halogens is 1. The number of carbonyl (C=O) groups is 3. The summed E-state index contributed by atoms with van der Waals surface area (Å²) in [5, 5.41) is 10.1. The van der Waals surface area contributed by atoms with Crippen molar-refractivity contribution in [3.63, 3.8) is 0 Å². The van der Waals surface area contributed by atoms with Gasteiger partial charge in [0.1, 0.15) is 11.6 Å². The number of piperazine rings is 1. The van der Waals surface area contributed by atoms with Gasteiger partial charge in [-0.1, -0.05) is 72.3 Å². The van der Waals surface area contributed by atoms with E-state index in [9.17, 15) is 14.4 Å². The van der Waals surface area contributed by atoms with Crippen molar-refractivity contribution in [2.45, 2.75) is 83.6 Å². The number of amides is 3. The fraction of sp³-hybridized carbons (Fsp3) is 0.477. The van der Waals surface area contributed by atoms with Crippen molar-refractivity contribution < 1.29 is 23.9 Å². The number of hydrogen-bond acceptors (Lipinski definition) is 10. The predicted octanol–water partition coefficient (Wildman–Crippen LogP) is 7.77. The highest BCUT2D eigenvalue weighted by molar-refractivity contribution is 9.10. The quantitative estimate of drug-likeness (QED) is 0.0635. The number of rotatable bonds is 19. The molecule has 12 nitrogen and oxygen atoms in total. The Bertz CT molecular complexity index is 1990. The Balaban J connectivity index is 0.821. The molecule has 3 aromatic carbocycles. The molecule has 1 unspecified atom stereocenters. The third-order valence-electron chi connectivity index (χ3n) is 10.9. The average molecular weight is 843 g/mol. The number of aromatic nitrogens is 2. The summed E-state index contributed by atoms with van der Waals surface area (Å²) in [6.07, 6.45) is 9.02. The normalized spacial score (nSPS) is 16.6. The molecule has 2 atom stereocenters. The largest absolute Gasteiger partial charge is 0.493 e. The van der Waals surface area contributed by atoms with E-state index in [0.29, 0.717) is 36.8 Å². The molecule has 0 saturated carbocycles. The van der Waals surface area contributed by atoms with Gasteiger partial charge in [0.2, 0.25) is 17.7 Å². The fourth-order valence-electron chi connectivity index (χ4n) is 7.56. The SMILES string of the molecule is COc1cc2c(N[C@H](C)c3cccc(Br)c3)nc(C)nc2cc1OCCCCCCCCCN1CCN(C(=O)CNc2ccc(C3CCC(=O)NC3=O)cc2)CC1. The number of piperidine rings is 1. The van der Waals surface area contributed by atoms with Gasteiger partial charge in [0.15, 0.2) is 11.5 Å². The minimum Gasteiger partial charge on any atom is -0.493 e. The summed E-state index contributed by atoms with van der Waals surface area (Å²) in [6, 6.07) is 19.8. The molecule has 2 fully saturated rings. The van der Waals surface area contributed by atoms with Crippen LogP contribution in [0, 0.1) is 6.92 Å². The third-order valence-corrected chi connectivity index (χ3v) is 11.4. The molecule has 0 radical (unpaired) electrons. The second kappa shape index (κ2) is 20.6. The Hall–Kier alpha value is -4.75. The number of hydrogen-bond donors (Lipinski definition) is 3. The molecule has 3 N–H and O–H groups in total. The van der Waals surface area contributed by atoms with E-state index >= 15 is 0 Å². The third kappa shape index (κ3) is 11.9. The molecule has 2 saturated heterocycles. The number of imide groups is 1. The first-order chi connectivity index (χ1) is 27.7. The first-order valence-corrected chi connectivity index (χ1v) is 21.1. The van der Waals surface area contributed by atoms with Crippen molar-refractivity contribution >= 4 is 56.1 Å². The van der Waals surface area contributed by atoms with Crippen LogP contribution in [0.25, 0.3) is 10.9 Å². The lowest BCUT2D eigenvalue weighted by Crippen LogP contribution is -2.50. The standard InChI is InChI=1S/C44H56BrN7O5/c1-30(33-12-11-13-34(45)26-33)47-43-37-27-39(56-3)40(28-38(37)48-31(2)49-43)57-25-10-8-6-4-5-7-9-20-51-21-23-52(24-22-51)42(54)29-46-35-16-14-32(15-17-35)36-18-19-41(53)50-44(36)55/h11-17,26-28,30,36,46H,4-10,18-25,29H2,1-3H3,(H,47,48,49)(H,50,53,55)/t30-,36?/m1/s1. The molecule has 3 heterocycles. The van der Waals surface area contributed by atoms with Crippen molar-refractivity contribution in [1.82, 2.24) is 25.1 Å². The minimum atomic E-state index is -0.307. The smallest absolute Gasteiger partial charge is 0.241 e. The van der Waals surface area contributed by atoms with Gasteiger partial charge < -0.3 is 25.0 Å². The number of benzene rings is 3. The van der Waals surface area contributed by atoms with E-state index in [2.05, 4.69) is 55.8 Å². The molecular weight excluding hydrogens is 786 g/mol. The molecule has 2 aliphatic rings. The summed E-state index contributed by atoms with van der Waals surface area (Å²) in [6.45, 7) is 9.28. The second-order valence-corrected chi connectivity index (χ2v) is 16.0. The summed E-state index contributed by atoms with van der Waals surface area (Å²) < 4.78 is 13.0. The maximum atomic E-state index is 12.9. The van der Waals surface area contributed by atoms with Crippen LogP contribution in [0.3, 0.4) is 0 Å². The van der Waals surface area contributed by atoms with Gasteiger partial charge in [-0.05, 0) is 81.1 Å². The maximum absolute atomic E-state index is 12.9. The van der Waals surface area contributed by atoms with E-state index < -0.39 is 0 Å². The maximum Gasteiger partial charge on any atom is 0.241 e. The Labute approximate surface area is 344 Å². The minimum absolute atomic E-state index is 0.0472. The van der Waals surface area contributed by atoms with Crippen molar-refractivity contribution in [2.75, 3.05) is 63.6 Å². The number of anilines is 2. The van der Waals surface area contributed by atoms with E-state index in [0.717, 1.165) is 83.6 Å². The summed E-state index contributed by atoms with van der Waals surface area (Å²) in [7, 11) is 1.66. The van der Waals surface area contributed by atoms with Crippen LogP contribution in [0.1, 0.15) is 93.6 Å². The summed E-state index contributed by atoms with van der Waals surface area (Å²) >= 11 is 3.57. The van der Waals surface area contributed by atoms with Gasteiger partial charge in [-0.15, -0.1) is 0 Å². The molecule has 1 aromatic heterocycles. The number of carbonyl (C=O) groups excluding carboxylic acids is 3.